The zero-order valence-corrected chi connectivity index (χ0v) is 11.5. The van der Waals surface area contributed by atoms with Crippen molar-refractivity contribution in [2.45, 2.75) is 6.42 Å². The highest BCUT2D eigenvalue weighted by Gasteiger charge is 2.12. The molecule has 0 bridgehead atoms. The van der Waals surface area contributed by atoms with Crippen LogP contribution in [0.15, 0.2) is 42.6 Å². The first-order valence-electron chi connectivity index (χ1n) is 6.27. The molecule has 2 amide bonds. The lowest BCUT2D eigenvalue weighted by Crippen LogP contribution is -2.15. The van der Waals surface area contributed by atoms with Crippen LogP contribution in [0.3, 0.4) is 0 Å². The fraction of sp³-hybridized carbons (Fsp3) is 0.133. The number of rotatable bonds is 5. The molecular formula is C15H15N3O3. The first-order valence-corrected chi connectivity index (χ1v) is 6.27. The lowest BCUT2D eigenvalue weighted by Gasteiger charge is -2.08. The molecule has 2 rings (SSSR count). The second kappa shape index (κ2) is 6.51. The Bertz CT molecular complexity index is 653. The Balaban J connectivity index is 2.10. The van der Waals surface area contributed by atoms with Crippen LogP contribution in [0.2, 0.25) is 0 Å². The van der Waals surface area contributed by atoms with Gasteiger partial charge in [-0.15, -0.1) is 0 Å². The fourth-order valence-corrected chi connectivity index (χ4v) is 1.83. The van der Waals surface area contributed by atoms with E-state index in [-0.39, 0.29) is 18.2 Å². The van der Waals surface area contributed by atoms with Crippen LogP contribution >= 0.6 is 0 Å². The molecule has 0 spiro atoms. The summed E-state index contributed by atoms with van der Waals surface area (Å²) in [7, 11) is 1.46. The van der Waals surface area contributed by atoms with Crippen LogP contribution in [0.5, 0.6) is 5.88 Å². The number of ether oxygens (including phenoxy) is 1. The van der Waals surface area contributed by atoms with Gasteiger partial charge in [-0.1, -0.05) is 12.1 Å². The van der Waals surface area contributed by atoms with Crippen LogP contribution in [-0.4, -0.2) is 23.9 Å². The van der Waals surface area contributed by atoms with Gasteiger partial charge < -0.3 is 15.8 Å². The minimum Gasteiger partial charge on any atom is -0.480 e. The highest BCUT2D eigenvalue weighted by molar-refractivity contribution is 6.05. The topological polar surface area (TPSA) is 94.3 Å². The lowest BCUT2D eigenvalue weighted by atomic mass is 10.1. The lowest BCUT2D eigenvalue weighted by molar-refractivity contribution is -0.117. The van der Waals surface area contributed by atoms with E-state index in [1.54, 1.807) is 42.6 Å². The number of hydrogen-bond donors (Lipinski definition) is 2. The summed E-state index contributed by atoms with van der Waals surface area (Å²) in [5, 5.41) is 2.74. The van der Waals surface area contributed by atoms with E-state index in [1.165, 1.54) is 7.11 Å². The molecule has 6 nitrogen and oxygen atoms in total. The molecule has 1 heterocycles. The molecule has 3 N–H and O–H groups in total. The van der Waals surface area contributed by atoms with Crippen molar-refractivity contribution >= 4 is 17.5 Å². The number of anilines is 1. The molecule has 108 valence electrons. The van der Waals surface area contributed by atoms with Crippen molar-refractivity contribution in [2.24, 2.45) is 5.73 Å². The third-order valence-electron chi connectivity index (χ3n) is 2.80. The van der Waals surface area contributed by atoms with Crippen molar-refractivity contribution in [1.29, 1.82) is 0 Å². The minimum absolute atomic E-state index is 0.171. The molecular weight excluding hydrogens is 270 g/mol. The number of carbonyl (C=O) groups is 2. The smallest absolute Gasteiger partial charge is 0.261 e. The van der Waals surface area contributed by atoms with Crippen molar-refractivity contribution in [3.8, 4) is 5.88 Å². The molecule has 0 unspecified atom stereocenters. The van der Waals surface area contributed by atoms with Crippen molar-refractivity contribution in [3.05, 3.63) is 53.7 Å². The van der Waals surface area contributed by atoms with Gasteiger partial charge in [-0.25, -0.2) is 4.98 Å². The fourth-order valence-electron chi connectivity index (χ4n) is 1.83. The summed E-state index contributed by atoms with van der Waals surface area (Å²) in [4.78, 5) is 26.9. The molecule has 0 fully saturated rings. The van der Waals surface area contributed by atoms with Gasteiger partial charge >= 0.3 is 0 Å². The average Bonchev–Trinajstić information content (AvgIpc) is 2.48. The molecule has 0 saturated carbocycles. The Hall–Kier alpha value is -2.89. The van der Waals surface area contributed by atoms with Crippen LogP contribution < -0.4 is 15.8 Å². The van der Waals surface area contributed by atoms with Crippen LogP contribution in [0.4, 0.5) is 5.69 Å². The number of methoxy groups -OCH3 is 1. The molecule has 0 atom stereocenters. The quantitative estimate of drug-likeness (QED) is 0.867. The van der Waals surface area contributed by atoms with Gasteiger partial charge in [0.25, 0.3) is 5.91 Å². The summed E-state index contributed by atoms with van der Waals surface area (Å²) in [6, 6.07) is 10.2. The zero-order valence-electron chi connectivity index (χ0n) is 11.5. The summed E-state index contributed by atoms with van der Waals surface area (Å²) in [5.41, 5.74) is 6.87. The van der Waals surface area contributed by atoms with Crippen molar-refractivity contribution in [3.63, 3.8) is 0 Å². The first kappa shape index (κ1) is 14.5. The van der Waals surface area contributed by atoms with Crippen LogP contribution in [0.1, 0.15) is 15.9 Å². The predicted molar refractivity (Wildman–Crippen MR) is 78.1 cm³/mol. The monoisotopic (exact) mass is 285 g/mol. The van der Waals surface area contributed by atoms with E-state index < -0.39 is 5.91 Å². The summed E-state index contributed by atoms with van der Waals surface area (Å²) < 4.78 is 5.04. The first-order chi connectivity index (χ1) is 10.1. The Labute approximate surface area is 121 Å². The number of carbonyl (C=O) groups excluding carboxylic acids is 2. The number of aromatic nitrogens is 1. The van der Waals surface area contributed by atoms with Crippen molar-refractivity contribution in [1.82, 2.24) is 4.98 Å². The molecule has 2 aromatic rings. The summed E-state index contributed by atoms with van der Waals surface area (Å²) in [6.07, 6.45) is 1.72. The molecule has 0 radical (unpaired) electrons. The number of nitrogens with zero attached hydrogens (tertiary/aromatic N) is 1. The van der Waals surface area contributed by atoms with E-state index in [9.17, 15) is 9.59 Å². The second-order valence-electron chi connectivity index (χ2n) is 4.35. The highest BCUT2D eigenvalue weighted by atomic mass is 16.5. The standard InChI is InChI=1S/C15H15N3O3/c1-21-15-12(3-2-8-17-15)14(20)18-11-6-4-10(5-7-11)9-13(16)19/h2-8H,9H2,1H3,(H2,16,19)(H,18,20). The molecule has 0 aliphatic carbocycles. The largest absolute Gasteiger partial charge is 0.480 e. The summed E-state index contributed by atoms with van der Waals surface area (Å²) in [6.45, 7) is 0. The number of primary amides is 1. The van der Waals surface area contributed by atoms with E-state index in [4.69, 9.17) is 10.5 Å². The molecule has 0 aliphatic rings. The maximum atomic E-state index is 12.2. The van der Waals surface area contributed by atoms with Crippen molar-refractivity contribution < 1.29 is 14.3 Å². The van der Waals surface area contributed by atoms with E-state index in [0.29, 0.717) is 11.3 Å². The number of pyridine rings is 1. The highest BCUT2D eigenvalue weighted by Crippen LogP contribution is 2.17. The van der Waals surface area contributed by atoms with Gasteiger partial charge in [-0.05, 0) is 29.8 Å². The van der Waals surface area contributed by atoms with Gasteiger partial charge in [0.05, 0.1) is 13.5 Å². The predicted octanol–water partition coefficient (Wildman–Crippen LogP) is 1.37. The van der Waals surface area contributed by atoms with Gasteiger partial charge in [0.15, 0.2) is 0 Å². The number of amides is 2. The van der Waals surface area contributed by atoms with Crippen molar-refractivity contribution in [2.75, 3.05) is 12.4 Å². The SMILES string of the molecule is COc1ncccc1C(=O)Nc1ccc(CC(N)=O)cc1. The summed E-state index contributed by atoms with van der Waals surface area (Å²) in [5.74, 6) is -0.449. The average molecular weight is 285 g/mol. The van der Waals surface area contributed by atoms with Gasteiger partial charge in [0.2, 0.25) is 11.8 Å². The van der Waals surface area contributed by atoms with Gasteiger partial charge in [0.1, 0.15) is 5.56 Å². The molecule has 0 aliphatic heterocycles. The maximum absolute atomic E-state index is 12.2. The molecule has 0 saturated heterocycles. The van der Waals surface area contributed by atoms with Gasteiger partial charge in [0, 0.05) is 11.9 Å². The Morgan fingerprint density at radius 2 is 1.95 bits per heavy atom. The number of nitrogens with one attached hydrogen (secondary N) is 1. The molecule has 1 aromatic carbocycles. The third-order valence-corrected chi connectivity index (χ3v) is 2.80. The normalized spacial score (nSPS) is 9.95. The Morgan fingerprint density at radius 1 is 1.24 bits per heavy atom. The molecule has 1 aromatic heterocycles. The van der Waals surface area contributed by atoms with Gasteiger partial charge in [-0.2, -0.15) is 0 Å². The molecule has 6 heteroatoms. The number of benzene rings is 1. The minimum atomic E-state index is -0.396. The van der Waals surface area contributed by atoms with E-state index in [0.717, 1.165) is 5.56 Å². The van der Waals surface area contributed by atoms with E-state index in [2.05, 4.69) is 10.3 Å². The van der Waals surface area contributed by atoms with E-state index >= 15 is 0 Å². The van der Waals surface area contributed by atoms with E-state index in [1.807, 2.05) is 0 Å². The van der Waals surface area contributed by atoms with Crippen LogP contribution in [0, 0.1) is 0 Å². The Kier molecular flexibility index (Phi) is 4.50. The maximum Gasteiger partial charge on any atom is 0.261 e. The second-order valence-corrected chi connectivity index (χ2v) is 4.35. The number of hydrogen-bond acceptors (Lipinski definition) is 4. The van der Waals surface area contributed by atoms with Crippen LogP contribution in [0.25, 0.3) is 0 Å². The summed E-state index contributed by atoms with van der Waals surface area (Å²) >= 11 is 0. The van der Waals surface area contributed by atoms with Crippen LogP contribution in [-0.2, 0) is 11.2 Å². The Morgan fingerprint density at radius 3 is 2.57 bits per heavy atom. The van der Waals surface area contributed by atoms with Gasteiger partial charge in [-0.3, -0.25) is 9.59 Å². The third kappa shape index (κ3) is 3.79. The molecule has 21 heavy (non-hydrogen) atoms. The number of nitrogens with two attached hydrogens (primary N) is 1. The zero-order chi connectivity index (χ0) is 15.2.